The van der Waals surface area contributed by atoms with Crippen LogP contribution in [0, 0.1) is 11.3 Å². The maximum Gasteiger partial charge on any atom is 0.246 e. The largest absolute Gasteiger partial charge is 0.362 e. The Hall–Kier alpha value is -3.80. The summed E-state index contributed by atoms with van der Waals surface area (Å²) < 4.78 is 2.16. The van der Waals surface area contributed by atoms with Crippen molar-refractivity contribution in [2.24, 2.45) is 0 Å². The molecule has 1 N–H and O–H groups in total. The number of aromatic nitrogens is 4. The number of hydrogen-bond acceptors (Lipinski definition) is 6. The number of piperazine rings is 1. The minimum absolute atomic E-state index is 0.0467. The van der Waals surface area contributed by atoms with Gasteiger partial charge in [0.1, 0.15) is 17.7 Å². The van der Waals surface area contributed by atoms with Crippen molar-refractivity contribution >= 4 is 28.3 Å². The van der Waals surface area contributed by atoms with Gasteiger partial charge in [-0.15, -0.1) is 0 Å². The molecule has 0 atom stereocenters. The molecule has 0 saturated carbocycles. The zero-order chi connectivity index (χ0) is 20.7. The van der Waals surface area contributed by atoms with E-state index >= 15 is 0 Å². The summed E-state index contributed by atoms with van der Waals surface area (Å²) in [6.07, 6.45) is 3.20. The highest BCUT2D eigenvalue weighted by Gasteiger charge is 2.30. The van der Waals surface area contributed by atoms with E-state index in [1.54, 1.807) is 4.90 Å². The summed E-state index contributed by atoms with van der Waals surface area (Å²) in [6, 6.07) is 8.40. The summed E-state index contributed by atoms with van der Waals surface area (Å²) in [5.41, 5.74) is 2.58. The van der Waals surface area contributed by atoms with Crippen molar-refractivity contribution in [3.63, 3.8) is 0 Å². The number of rotatable bonds is 3. The first-order valence-electron chi connectivity index (χ1n) is 10.0. The number of carbonyl (C=O) groups excluding carboxylic acids is 1. The second kappa shape index (κ2) is 7.22. The number of nitrogens with one attached hydrogen (secondary N) is 1. The Kier molecular flexibility index (Phi) is 4.39. The minimum atomic E-state index is -0.0467. The lowest BCUT2D eigenvalue weighted by Gasteiger charge is -2.37. The lowest BCUT2D eigenvalue weighted by atomic mass is 10.2. The lowest BCUT2D eigenvalue weighted by molar-refractivity contribution is -0.126. The van der Waals surface area contributed by atoms with Crippen LogP contribution in [0.3, 0.4) is 0 Å². The Morgan fingerprint density at radius 2 is 1.97 bits per heavy atom. The van der Waals surface area contributed by atoms with Crippen molar-refractivity contribution in [1.82, 2.24) is 24.6 Å². The van der Waals surface area contributed by atoms with Crippen molar-refractivity contribution in [2.45, 2.75) is 13.1 Å². The molecule has 3 aromatic rings. The fourth-order valence-electron chi connectivity index (χ4n) is 4.41. The summed E-state index contributed by atoms with van der Waals surface area (Å²) >= 11 is 0. The number of imidazole rings is 1. The topological polar surface area (TPSA) is 97.1 Å². The van der Waals surface area contributed by atoms with Crippen molar-refractivity contribution in [1.29, 1.82) is 5.26 Å². The van der Waals surface area contributed by atoms with Crippen LogP contribution in [-0.4, -0.2) is 63.3 Å². The summed E-state index contributed by atoms with van der Waals surface area (Å²) in [5, 5.41) is 18.0. The first-order valence-corrected chi connectivity index (χ1v) is 10.0. The predicted molar refractivity (Wildman–Crippen MR) is 113 cm³/mol. The third-order valence-electron chi connectivity index (χ3n) is 5.92. The standard InChI is InChI=1S/C21H22N8O/c1-2-20(30)26-6-8-27(9-7-26)21-17(12-22)24-19-14-28(10-11-29(19)21)18-5-3-4-16-15(18)13-23-25-16/h2-5,13H,1,6-11,14H2,(H,23,25). The second-order valence-corrected chi connectivity index (χ2v) is 7.51. The number of carbonyl (C=O) groups is 1. The van der Waals surface area contributed by atoms with Gasteiger partial charge in [0.25, 0.3) is 0 Å². The zero-order valence-electron chi connectivity index (χ0n) is 16.6. The van der Waals surface area contributed by atoms with E-state index in [1.165, 1.54) is 6.08 Å². The normalized spacial score (nSPS) is 16.4. The molecule has 5 rings (SSSR count). The Bertz CT molecular complexity index is 1160. The van der Waals surface area contributed by atoms with Crippen molar-refractivity contribution in [3.8, 4) is 6.07 Å². The van der Waals surface area contributed by atoms with Gasteiger partial charge < -0.3 is 19.3 Å². The number of benzene rings is 1. The van der Waals surface area contributed by atoms with E-state index in [1.807, 2.05) is 18.3 Å². The average molecular weight is 402 g/mol. The van der Waals surface area contributed by atoms with Gasteiger partial charge in [0.15, 0.2) is 5.69 Å². The van der Waals surface area contributed by atoms with Crippen molar-refractivity contribution in [2.75, 3.05) is 42.5 Å². The van der Waals surface area contributed by atoms with Crippen LogP contribution < -0.4 is 9.80 Å². The molecule has 2 aliphatic heterocycles. The van der Waals surface area contributed by atoms with E-state index in [9.17, 15) is 10.1 Å². The third-order valence-corrected chi connectivity index (χ3v) is 5.92. The second-order valence-electron chi connectivity index (χ2n) is 7.51. The van der Waals surface area contributed by atoms with Gasteiger partial charge in [0.2, 0.25) is 5.91 Å². The van der Waals surface area contributed by atoms with Gasteiger partial charge in [-0.05, 0) is 18.2 Å². The van der Waals surface area contributed by atoms with Gasteiger partial charge in [-0.25, -0.2) is 4.98 Å². The molecule has 0 spiro atoms. The van der Waals surface area contributed by atoms with E-state index in [2.05, 4.69) is 48.3 Å². The third kappa shape index (κ3) is 2.88. The first-order chi connectivity index (χ1) is 14.7. The van der Waals surface area contributed by atoms with Crippen LogP contribution in [-0.2, 0) is 17.9 Å². The van der Waals surface area contributed by atoms with E-state index in [-0.39, 0.29) is 5.91 Å². The molecule has 0 aliphatic carbocycles. The molecule has 1 amide bonds. The zero-order valence-corrected chi connectivity index (χ0v) is 16.6. The van der Waals surface area contributed by atoms with Gasteiger partial charge >= 0.3 is 0 Å². The van der Waals surface area contributed by atoms with Crippen LogP contribution >= 0.6 is 0 Å². The maximum absolute atomic E-state index is 11.9. The number of amides is 1. The van der Waals surface area contributed by atoms with Gasteiger partial charge in [0.05, 0.1) is 18.3 Å². The molecular formula is C21H22N8O. The molecule has 0 radical (unpaired) electrons. The Morgan fingerprint density at radius 1 is 1.17 bits per heavy atom. The smallest absolute Gasteiger partial charge is 0.246 e. The molecule has 1 fully saturated rings. The molecule has 30 heavy (non-hydrogen) atoms. The molecule has 152 valence electrons. The van der Waals surface area contributed by atoms with Crippen LogP contribution in [0.1, 0.15) is 11.5 Å². The first kappa shape index (κ1) is 18.2. The number of nitriles is 1. The Morgan fingerprint density at radius 3 is 2.73 bits per heavy atom. The maximum atomic E-state index is 11.9. The van der Waals surface area contributed by atoms with Gasteiger partial charge in [-0.3, -0.25) is 9.89 Å². The molecule has 9 heteroatoms. The van der Waals surface area contributed by atoms with Crippen LogP contribution in [0.4, 0.5) is 11.5 Å². The van der Waals surface area contributed by atoms with E-state index in [0.717, 1.165) is 41.3 Å². The molecule has 0 unspecified atom stereocenters. The molecule has 9 nitrogen and oxygen atoms in total. The van der Waals surface area contributed by atoms with Crippen LogP contribution in [0.5, 0.6) is 0 Å². The highest BCUT2D eigenvalue weighted by molar-refractivity contribution is 5.91. The lowest BCUT2D eigenvalue weighted by Crippen LogP contribution is -2.49. The van der Waals surface area contributed by atoms with Gasteiger partial charge in [-0.1, -0.05) is 12.6 Å². The van der Waals surface area contributed by atoms with E-state index in [0.29, 0.717) is 38.4 Å². The molecule has 0 bridgehead atoms. The van der Waals surface area contributed by atoms with Crippen molar-refractivity contribution < 1.29 is 4.79 Å². The fraction of sp³-hybridized carbons (Fsp3) is 0.333. The summed E-state index contributed by atoms with van der Waals surface area (Å²) in [5.74, 6) is 1.71. The van der Waals surface area contributed by atoms with Gasteiger partial charge in [-0.2, -0.15) is 10.4 Å². The summed E-state index contributed by atoms with van der Waals surface area (Å²) in [6.45, 7) is 8.35. The van der Waals surface area contributed by atoms with E-state index in [4.69, 9.17) is 0 Å². The quantitative estimate of drug-likeness (QED) is 0.667. The highest BCUT2D eigenvalue weighted by atomic mass is 16.2. The van der Waals surface area contributed by atoms with Gasteiger partial charge in [0, 0.05) is 50.3 Å². The number of hydrogen-bond donors (Lipinski definition) is 1. The van der Waals surface area contributed by atoms with Crippen molar-refractivity contribution in [3.05, 3.63) is 48.6 Å². The number of fused-ring (bicyclic) bond motifs is 2. The number of anilines is 2. The molecule has 4 heterocycles. The number of aromatic amines is 1. The molecule has 2 aliphatic rings. The highest BCUT2D eigenvalue weighted by Crippen LogP contribution is 2.31. The minimum Gasteiger partial charge on any atom is -0.362 e. The number of nitrogens with zero attached hydrogens (tertiary/aromatic N) is 7. The Labute approximate surface area is 173 Å². The molecular weight excluding hydrogens is 380 g/mol. The van der Waals surface area contributed by atoms with Crippen LogP contribution in [0.25, 0.3) is 10.9 Å². The van der Waals surface area contributed by atoms with E-state index < -0.39 is 0 Å². The molecule has 1 saturated heterocycles. The molecule has 1 aromatic carbocycles. The molecule has 2 aromatic heterocycles. The fourth-order valence-corrected chi connectivity index (χ4v) is 4.41. The predicted octanol–water partition coefficient (Wildman–Crippen LogP) is 1.49. The summed E-state index contributed by atoms with van der Waals surface area (Å²) in [7, 11) is 0. The average Bonchev–Trinajstić information content (AvgIpc) is 3.42. The SMILES string of the molecule is C=CC(=O)N1CCN(c2c(C#N)nc3n2CCN(c2cccc4[nH]ncc24)C3)CC1. The number of H-pyrrole nitrogens is 1. The monoisotopic (exact) mass is 402 g/mol. The van der Waals surface area contributed by atoms with Crippen LogP contribution in [0.2, 0.25) is 0 Å². The Balaban J connectivity index is 1.42. The summed E-state index contributed by atoms with van der Waals surface area (Å²) in [4.78, 5) is 22.8. The van der Waals surface area contributed by atoms with Crippen LogP contribution in [0.15, 0.2) is 37.1 Å².